The number of halogens is 1. The van der Waals surface area contributed by atoms with Crippen molar-refractivity contribution in [2.75, 3.05) is 6.54 Å². The summed E-state index contributed by atoms with van der Waals surface area (Å²) < 4.78 is 7.22. The third-order valence-corrected chi connectivity index (χ3v) is 5.10. The molecular formula is C17H22BrNOS. The van der Waals surface area contributed by atoms with E-state index in [0.29, 0.717) is 12.5 Å². The molecule has 114 valence electrons. The minimum Gasteiger partial charge on any atom is -0.487 e. The third kappa shape index (κ3) is 4.83. The molecule has 0 saturated carbocycles. The molecule has 0 radical (unpaired) electrons. The SMILES string of the molecule is Cc1cccc(CNCC(C)C)c1OCc1sccc1Br. The van der Waals surface area contributed by atoms with Gasteiger partial charge in [0, 0.05) is 16.6 Å². The van der Waals surface area contributed by atoms with Gasteiger partial charge >= 0.3 is 0 Å². The van der Waals surface area contributed by atoms with Crippen LogP contribution in [0.15, 0.2) is 34.1 Å². The van der Waals surface area contributed by atoms with Crippen molar-refractivity contribution in [2.45, 2.75) is 33.9 Å². The van der Waals surface area contributed by atoms with E-state index < -0.39 is 0 Å². The Morgan fingerprint density at radius 3 is 2.76 bits per heavy atom. The van der Waals surface area contributed by atoms with E-state index in [9.17, 15) is 0 Å². The smallest absolute Gasteiger partial charge is 0.127 e. The number of para-hydroxylation sites is 1. The summed E-state index contributed by atoms with van der Waals surface area (Å²) in [5.41, 5.74) is 2.41. The molecule has 1 heterocycles. The number of hydrogen-bond donors (Lipinski definition) is 1. The summed E-state index contributed by atoms with van der Waals surface area (Å²) >= 11 is 5.27. The van der Waals surface area contributed by atoms with Crippen molar-refractivity contribution < 1.29 is 4.74 Å². The summed E-state index contributed by atoms with van der Waals surface area (Å²) in [6.07, 6.45) is 0. The zero-order valence-electron chi connectivity index (χ0n) is 12.8. The van der Waals surface area contributed by atoms with Gasteiger partial charge in [0.15, 0.2) is 0 Å². The maximum Gasteiger partial charge on any atom is 0.127 e. The molecule has 1 N–H and O–H groups in total. The lowest BCUT2D eigenvalue weighted by atomic mass is 10.1. The van der Waals surface area contributed by atoms with E-state index in [2.05, 4.69) is 71.7 Å². The molecule has 0 aliphatic rings. The highest BCUT2D eigenvalue weighted by Gasteiger charge is 2.09. The van der Waals surface area contributed by atoms with Gasteiger partial charge < -0.3 is 10.1 Å². The predicted molar refractivity (Wildman–Crippen MR) is 94.1 cm³/mol. The fourth-order valence-corrected chi connectivity index (χ4v) is 3.50. The fourth-order valence-electron chi connectivity index (χ4n) is 2.12. The Balaban J connectivity index is 2.05. The van der Waals surface area contributed by atoms with Gasteiger partial charge in [-0.05, 0) is 52.3 Å². The lowest BCUT2D eigenvalue weighted by Gasteiger charge is -2.15. The van der Waals surface area contributed by atoms with Crippen molar-refractivity contribution in [1.82, 2.24) is 5.32 Å². The second-order valence-corrected chi connectivity index (χ2v) is 7.42. The number of thiophene rings is 1. The number of aryl methyl sites for hydroxylation is 1. The Morgan fingerprint density at radius 1 is 1.29 bits per heavy atom. The van der Waals surface area contributed by atoms with Crippen molar-refractivity contribution in [3.63, 3.8) is 0 Å². The molecule has 4 heteroatoms. The zero-order valence-corrected chi connectivity index (χ0v) is 15.2. The molecule has 1 aromatic heterocycles. The molecular weight excluding hydrogens is 346 g/mol. The number of nitrogens with one attached hydrogen (secondary N) is 1. The lowest BCUT2D eigenvalue weighted by Crippen LogP contribution is -2.19. The van der Waals surface area contributed by atoms with Crippen molar-refractivity contribution in [1.29, 1.82) is 0 Å². The Hall–Kier alpha value is -0.840. The number of hydrogen-bond acceptors (Lipinski definition) is 3. The molecule has 0 unspecified atom stereocenters. The van der Waals surface area contributed by atoms with E-state index >= 15 is 0 Å². The molecule has 1 aromatic carbocycles. The Labute approximate surface area is 139 Å². The molecule has 0 amide bonds. The number of rotatable bonds is 7. The second-order valence-electron chi connectivity index (χ2n) is 5.57. The summed E-state index contributed by atoms with van der Waals surface area (Å²) in [6, 6.07) is 8.39. The molecule has 2 aromatic rings. The van der Waals surface area contributed by atoms with Crippen LogP contribution in [0.5, 0.6) is 5.75 Å². The van der Waals surface area contributed by atoms with Crippen molar-refractivity contribution >= 4 is 27.3 Å². The second kappa shape index (κ2) is 7.97. The van der Waals surface area contributed by atoms with E-state index in [4.69, 9.17) is 4.74 Å². The molecule has 0 aliphatic carbocycles. The van der Waals surface area contributed by atoms with Crippen LogP contribution in [0, 0.1) is 12.8 Å². The Morgan fingerprint density at radius 2 is 2.10 bits per heavy atom. The van der Waals surface area contributed by atoms with Crippen LogP contribution in [0.2, 0.25) is 0 Å². The Bertz CT molecular complexity index is 580. The highest BCUT2D eigenvalue weighted by Crippen LogP contribution is 2.28. The van der Waals surface area contributed by atoms with Gasteiger partial charge in [-0.25, -0.2) is 0 Å². The van der Waals surface area contributed by atoms with Crippen molar-refractivity contribution in [3.05, 3.63) is 50.1 Å². The normalized spacial score (nSPS) is 11.1. The number of benzene rings is 1. The lowest BCUT2D eigenvalue weighted by molar-refractivity contribution is 0.302. The van der Waals surface area contributed by atoms with Crippen LogP contribution in [0.3, 0.4) is 0 Å². The molecule has 0 atom stereocenters. The topological polar surface area (TPSA) is 21.3 Å². The van der Waals surface area contributed by atoms with Gasteiger partial charge in [-0.15, -0.1) is 11.3 Å². The van der Waals surface area contributed by atoms with Gasteiger partial charge in [-0.3, -0.25) is 0 Å². The molecule has 2 rings (SSSR count). The van der Waals surface area contributed by atoms with Crippen LogP contribution in [0.4, 0.5) is 0 Å². The van der Waals surface area contributed by atoms with Crippen LogP contribution in [0.25, 0.3) is 0 Å². The van der Waals surface area contributed by atoms with E-state index in [1.54, 1.807) is 11.3 Å². The van der Waals surface area contributed by atoms with Crippen LogP contribution >= 0.6 is 27.3 Å². The molecule has 0 bridgehead atoms. The molecule has 0 fully saturated rings. The van der Waals surface area contributed by atoms with Gasteiger partial charge in [-0.2, -0.15) is 0 Å². The maximum absolute atomic E-state index is 6.09. The summed E-state index contributed by atoms with van der Waals surface area (Å²) in [4.78, 5) is 1.22. The molecule has 2 nitrogen and oxygen atoms in total. The van der Waals surface area contributed by atoms with Gasteiger partial charge in [0.1, 0.15) is 12.4 Å². The van der Waals surface area contributed by atoms with Crippen LogP contribution in [-0.2, 0) is 13.2 Å². The average Bonchev–Trinajstić information content (AvgIpc) is 2.83. The van der Waals surface area contributed by atoms with Gasteiger partial charge in [-0.1, -0.05) is 32.0 Å². The maximum atomic E-state index is 6.09. The Kier molecular flexibility index (Phi) is 6.27. The number of ether oxygens (including phenoxy) is 1. The van der Waals surface area contributed by atoms with Gasteiger partial charge in [0.05, 0.1) is 4.88 Å². The van der Waals surface area contributed by atoms with Crippen LogP contribution in [-0.4, -0.2) is 6.54 Å². The molecule has 0 spiro atoms. The van der Waals surface area contributed by atoms with Gasteiger partial charge in [0.2, 0.25) is 0 Å². The first-order valence-corrected chi connectivity index (χ1v) is 8.89. The average molecular weight is 368 g/mol. The molecule has 21 heavy (non-hydrogen) atoms. The summed E-state index contributed by atoms with van der Waals surface area (Å²) in [5.74, 6) is 1.66. The summed E-state index contributed by atoms with van der Waals surface area (Å²) in [5, 5.41) is 5.56. The highest BCUT2D eigenvalue weighted by atomic mass is 79.9. The van der Waals surface area contributed by atoms with E-state index in [1.165, 1.54) is 16.0 Å². The monoisotopic (exact) mass is 367 g/mol. The van der Waals surface area contributed by atoms with E-state index in [-0.39, 0.29) is 0 Å². The van der Waals surface area contributed by atoms with Crippen LogP contribution in [0.1, 0.15) is 29.9 Å². The minimum absolute atomic E-state index is 0.611. The third-order valence-electron chi connectivity index (χ3n) is 3.20. The first-order chi connectivity index (χ1) is 10.1. The first-order valence-electron chi connectivity index (χ1n) is 7.21. The quantitative estimate of drug-likeness (QED) is 0.730. The van der Waals surface area contributed by atoms with Crippen molar-refractivity contribution in [2.24, 2.45) is 5.92 Å². The summed E-state index contributed by atoms with van der Waals surface area (Å²) in [6.45, 7) is 9.01. The predicted octanol–water partition coefficient (Wildman–Crippen LogP) is 5.14. The fraction of sp³-hybridized carbons (Fsp3) is 0.412. The largest absolute Gasteiger partial charge is 0.487 e. The standard InChI is InChI=1S/C17H22BrNOS/c1-12(2)9-19-10-14-6-4-5-13(3)17(14)20-11-16-15(18)7-8-21-16/h4-8,12,19H,9-11H2,1-3H3. The van der Waals surface area contributed by atoms with Crippen LogP contribution < -0.4 is 10.1 Å². The molecule has 0 saturated heterocycles. The first kappa shape index (κ1) is 16.5. The molecule has 0 aliphatic heterocycles. The zero-order chi connectivity index (χ0) is 15.2. The van der Waals surface area contributed by atoms with Gasteiger partial charge in [0.25, 0.3) is 0 Å². The minimum atomic E-state index is 0.611. The highest BCUT2D eigenvalue weighted by molar-refractivity contribution is 9.10. The summed E-state index contributed by atoms with van der Waals surface area (Å²) in [7, 11) is 0. The van der Waals surface area contributed by atoms with E-state index in [0.717, 1.165) is 23.3 Å². The van der Waals surface area contributed by atoms with E-state index in [1.807, 2.05) is 0 Å². The van der Waals surface area contributed by atoms with Crippen molar-refractivity contribution in [3.8, 4) is 5.75 Å².